The van der Waals surface area contributed by atoms with Gasteiger partial charge in [0.2, 0.25) is 12.1 Å². The summed E-state index contributed by atoms with van der Waals surface area (Å²) in [6, 6.07) is 6.04. The van der Waals surface area contributed by atoms with Crippen LogP contribution in [0, 0.1) is 15.9 Å². The molecule has 0 saturated heterocycles. The third-order valence-corrected chi connectivity index (χ3v) is 2.44. The third-order valence-electron chi connectivity index (χ3n) is 2.44. The number of imidazole rings is 1. The van der Waals surface area contributed by atoms with E-state index in [0.717, 1.165) is 0 Å². The molecule has 0 fully saturated rings. The van der Waals surface area contributed by atoms with Crippen LogP contribution in [0.1, 0.15) is 5.56 Å². The minimum absolute atomic E-state index is 0.242. The molecule has 6 nitrogen and oxygen atoms in total. The maximum absolute atomic E-state index is 13.0. The summed E-state index contributed by atoms with van der Waals surface area (Å²) in [5.41, 5.74) is 0.700. The molecule has 1 heterocycles. The number of hydrogen-bond acceptors (Lipinski definition) is 4. The quantitative estimate of drug-likeness (QED) is 0.666. The first kappa shape index (κ1) is 12.0. The molecule has 0 unspecified atom stereocenters. The van der Waals surface area contributed by atoms with Crippen molar-refractivity contribution in [2.24, 2.45) is 7.05 Å². The summed E-state index contributed by atoms with van der Waals surface area (Å²) in [5.74, 6) is -0.285. The summed E-state index contributed by atoms with van der Waals surface area (Å²) < 4.78 is 14.5. The van der Waals surface area contributed by atoms with Crippen LogP contribution in [-0.4, -0.2) is 14.5 Å². The van der Waals surface area contributed by atoms with Gasteiger partial charge in [0.25, 0.3) is 0 Å². The molecule has 0 amide bonds. The fraction of sp³-hybridized carbons (Fsp3) is 0.182. The van der Waals surface area contributed by atoms with Crippen LogP contribution in [0.15, 0.2) is 30.6 Å². The van der Waals surface area contributed by atoms with E-state index in [4.69, 9.17) is 0 Å². The van der Waals surface area contributed by atoms with Crippen LogP contribution in [0.4, 0.5) is 16.0 Å². The maximum atomic E-state index is 13.0. The van der Waals surface area contributed by atoms with Crippen LogP contribution >= 0.6 is 0 Å². The first-order chi connectivity index (χ1) is 8.58. The number of aryl methyl sites for hydroxylation is 1. The molecule has 1 N–H and O–H groups in total. The van der Waals surface area contributed by atoms with Gasteiger partial charge in [-0.3, -0.25) is 4.57 Å². The van der Waals surface area contributed by atoms with Gasteiger partial charge in [-0.25, -0.2) is 4.39 Å². The highest BCUT2D eigenvalue weighted by Gasteiger charge is 2.19. The second-order valence-electron chi connectivity index (χ2n) is 3.77. The van der Waals surface area contributed by atoms with Crippen molar-refractivity contribution in [1.29, 1.82) is 0 Å². The van der Waals surface area contributed by atoms with Crippen LogP contribution in [0.25, 0.3) is 0 Å². The van der Waals surface area contributed by atoms with Crippen molar-refractivity contribution < 1.29 is 9.31 Å². The van der Waals surface area contributed by atoms with E-state index in [0.29, 0.717) is 11.4 Å². The van der Waals surface area contributed by atoms with Gasteiger partial charge in [0, 0.05) is 13.6 Å². The average molecular weight is 250 g/mol. The van der Waals surface area contributed by atoms with Gasteiger partial charge in [0.15, 0.2) is 0 Å². The molecular formula is C11H11FN4O2. The number of nitrogens with one attached hydrogen (secondary N) is 1. The summed E-state index contributed by atoms with van der Waals surface area (Å²) in [4.78, 5) is 13.8. The number of rotatable bonds is 4. The Hall–Kier alpha value is -2.44. The topological polar surface area (TPSA) is 73.0 Å². The highest BCUT2D eigenvalue weighted by Crippen LogP contribution is 2.21. The molecule has 0 aliphatic carbocycles. The number of nitrogens with zero attached hydrogens (tertiary/aromatic N) is 3. The van der Waals surface area contributed by atoms with E-state index in [1.807, 2.05) is 0 Å². The molecule has 0 radical (unpaired) electrons. The van der Waals surface area contributed by atoms with E-state index in [1.54, 1.807) is 19.2 Å². The van der Waals surface area contributed by atoms with Crippen molar-refractivity contribution in [3.8, 4) is 0 Å². The van der Waals surface area contributed by atoms with Crippen molar-refractivity contribution in [3.05, 3.63) is 52.1 Å². The number of nitro groups is 1. The Labute approximate surface area is 102 Å². The molecule has 0 atom stereocenters. The summed E-state index contributed by atoms with van der Waals surface area (Å²) in [7, 11) is 1.65. The number of aromatic nitrogens is 2. The molecule has 0 saturated carbocycles. The lowest BCUT2D eigenvalue weighted by Crippen LogP contribution is -2.05. The Kier molecular flexibility index (Phi) is 3.22. The Morgan fingerprint density at radius 1 is 1.56 bits per heavy atom. The number of hydrogen-bond donors (Lipinski definition) is 1. The minimum Gasteiger partial charge on any atom is -0.360 e. The van der Waals surface area contributed by atoms with Gasteiger partial charge < -0.3 is 15.4 Å². The van der Waals surface area contributed by atoms with E-state index in [-0.39, 0.29) is 18.2 Å². The van der Waals surface area contributed by atoms with E-state index in [9.17, 15) is 14.5 Å². The second kappa shape index (κ2) is 4.82. The summed E-state index contributed by atoms with van der Waals surface area (Å²) in [6.07, 6.45) is 1.35. The largest absolute Gasteiger partial charge is 0.406 e. The minimum atomic E-state index is -0.562. The van der Waals surface area contributed by atoms with Gasteiger partial charge in [-0.2, -0.15) is 0 Å². The standard InChI is InChI=1S/C11H11FN4O2/c1-15-7-14-11(16(17)18)10(15)13-6-8-3-2-4-9(12)5-8/h2-5,7,13H,6H2,1H3. The molecule has 2 aromatic rings. The maximum Gasteiger partial charge on any atom is 0.406 e. The molecular weight excluding hydrogens is 239 g/mol. The van der Waals surface area contributed by atoms with Gasteiger partial charge >= 0.3 is 5.82 Å². The summed E-state index contributed by atoms with van der Waals surface area (Å²) >= 11 is 0. The highest BCUT2D eigenvalue weighted by molar-refractivity contribution is 5.52. The third kappa shape index (κ3) is 2.45. The second-order valence-corrected chi connectivity index (χ2v) is 3.77. The van der Waals surface area contributed by atoms with Crippen molar-refractivity contribution in [3.63, 3.8) is 0 Å². The number of halogens is 1. The zero-order chi connectivity index (χ0) is 13.1. The van der Waals surface area contributed by atoms with E-state index in [1.165, 1.54) is 23.0 Å². The van der Waals surface area contributed by atoms with Gasteiger partial charge in [-0.1, -0.05) is 12.1 Å². The predicted molar refractivity (Wildman–Crippen MR) is 63.6 cm³/mol. The van der Waals surface area contributed by atoms with E-state index >= 15 is 0 Å². The van der Waals surface area contributed by atoms with Crippen LogP contribution < -0.4 is 5.32 Å². The number of benzene rings is 1. The smallest absolute Gasteiger partial charge is 0.360 e. The Morgan fingerprint density at radius 3 is 3.00 bits per heavy atom. The zero-order valence-corrected chi connectivity index (χ0v) is 9.63. The van der Waals surface area contributed by atoms with Crippen LogP contribution in [0.2, 0.25) is 0 Å². The fourth-order valence-electron chi connectivity index (χ4n) is 1.59. The van der Waals surface area contributed by atoms with Crippen molar-refractivity contribution in [2.75, 3.05) is 5.32 Å². The predicted octanol–water partition coefficient (Wildman–Crippen LogP) is 2.08. The molecule has 0 aliphatic heterocycles. The molecule has 1 aromatic heterocycles. The first-order valence-corrected chi connectivity index (χ1v) is 5.22. The molecule has 0 bridgehead atoms. The Morgan fingerprint density at radius 2 is 2.33 bits per heavy atom. The summed E-state index contributed by atoms with van der Waals surface area (Å²) in [6.45, 7) is 0.290. The molecule has 2 rings (SSSR count). The highest BCUT2D eigenvalue weighted by atomic mass is 19.1. The molecule has 1 aromatic carbocycles. The monoisotopic (exact) mass is 250 g/mol. The molecule has 7 heteroatoms. The van der Waals surface area contributed by atoms with Crippen molar-refractivity contribution >= 4 is 11.6 Å². The fourth-order valence-corrected chi connectivity index (χ4v) is 1.59. The molecule has 0 aliphatic rings. The van der Waals surface area contributed by atoms with Crippen molar-refractivity contribution in [1.82, 2.24) is 9.55 Å². The van der Waals surface area contributed by atoms with Crippen LogP contribution in [-0.2, 0) is 13.6 Å². The van der Waals surface area contributed by atoms with Gasteiger partial charge in [0.1, 0.15) is 5.82 Å². The first-order valence-electron chi connectivity index (χ1n) is 5.22. The Balaban J connectivity index is 2.15. The SMILES string of the molecule is Cn1cnc([N+](=O)[O-])c1NCc1cccc(F)c1. The molecule has 18 heavy (non-hydrogen) atoms. The van der Waals surface area contributed by atoms with Gasteiger partial charge in [-0.05, 0) is 27.6 Å². The lowest BCUT2D eigenvalue weighted by molar-refractivity contribution is -0.388. The van der Waals surface area contributed by atoms with Crippen LogP contribution in [0.3, 0.4) is 0 Å². The lowest BCUT2D eigenvalue weighted by atomic mass is 10.2. The van der Waals surface area contributed by atoms with E-state index in [2.05, 4.69) is 10.3 Å². The number of anilines is 1. The normalized spacial score (nSPS) is 10.3. The Bertz CT molecular complexity index is 582. The zero-order valence-electron chi connectivity index (χ0n) is 9.63. The van der Waals surface area contributed by atoms with Gasteiger partial charge in [0.05, 0.1) is 0 Å². The van der Waals surface area contributed by atoms with Crippen LogP contribution in [0.5, 0.6) is 0 Å². The average Bonchev–Trinajstić information content (AvgIpc) is 2.68. The van der Waals surface area contributed by atoms with Crippen molar-refractivity contribution in [2.45, 2.75) is 6.54 Å². The molecule has 94 valence electrons. The lowest BCUT2D eigenvalue weighted by Gasteiger charge is -2.06. The van der Waals surface area contributed by atoms with Gasteiger partial charge in [-0.15, -0.1) is 0 Å². The summed E-state index contributed by atoms with van der Waals surface area (Å²) in [5, 5.41) is 13.6. The molecule has 0 spiro atoms. The van der Waals surface area contributed by atoms with E-state index < -0.39 is 4.92 Å².